The maximum Gasteiger partial charge on any atom is 0.193 e. The lowest BCUT2D eigenvalue weighted by Crippen LogP contribution is -2.39. The highest BCUT2D eigenvalue weighted by Crippen LogP contribution is 2.21. The van der Waals surface area contributed by atoms with Gasteiger partial charge in [-0.1, -0.05) is 48.7 Å². The number of carbonyl (C=O) groups is 1. The lowest BCUT2D eigenvalue weighted by atomic mass is 9.93. The number of carbonyl (C=O) groups excluding carboxylic acids is 1. The average molecular weight is 344 g/mol. The smallest absolute Gasteiger partial charge is 0.193 e. The third-order valence-electron chi connectivity index (χ3n) is 4.54. The Morgan fingerprint density at radius 2 is 1.58 bits per heavy atom. The second-order valence-corrected chi connectivity index (χ2v) is 6.77. The van der Waals surface area contributed by atoms with Gasteiger partial charge in [0.25, 0.3) is 0 Å². The Morgan fingerprint density at radius 1 is 1.00 bits per heavy atom. The molecule has 2 aromatic rings. The molecular weight excluding hydrogens is 322 g/mol. The van der Waals surface area contributed by atoms with Crippen molar-refractivity contribution >= 4 is 17.4 Å². The molecule has 2 atom stereocenters. The lowest BCUT2D eigenvalue weighted by Gasteiger charge is -2.28. The van der Waals surface area contributed by atoms with E-state index in [0.717, 1.165) is 18.4 Å². The number of benzene rings is 2. The fourth-order valence-corrected chi connectivity index (χ4v) is 3.18. The van der Waals surface area contributed by atoms with Crippen molar-refractivity contribution in [2.45, 2.75) is 44.4 Å². The van der Waals surface area contributed by atoms with E-state index in [9.17, 15) is 4.79 Å². The third kappa shape index (κ3) is 4.23. The number of nitrogens with two attached hydrogens (primary N) is 1. The standard InChI is InChI=1S/C20H22ClNO2/c21-17-11-9-16(10-12-17)20(23)15-7-5-14(6-8-15)13-24-19-4-2-1-3-18(19)22/h5-12,18-19H,1-4,13,22H2/t18-,19-/m1/s1. The summed E-state index contributed by atoms with van der Waals surface area (Å²) in [5, 5.41) is 0.625. The van der Waals surface area contributed by atoms with Crippen LogP contribution in [0.2, 0.25) is 5.02 Å². The van der Waals surface area contributed by atoms with Crippen molar-refractivity contribution in [3.8, 4) is 0 Å². The molecule has 0 aromatic heterocycles. The van der Waals surface area contributed by atoms with Gasteiger partial charge in [0, 0.05) is 22.2 Å². The zero-order valence-electron chi connectivity index (χ0n) is 13.6. The van der Waals surface area contributed by atoms with Crippen molar-refractivity contribution in [1.82, 2.24) is 0 Å². The van der Waals surface area contributed by atoms with Crippen LogP contribution in [0.15, 0.2) is 48.5 Å². The van der Waals surface area contributed by atoms with E-state index in [1.807, 2.05) is 24.3 Å². The van der Waals surface area contributed by atoms with Crippen LogP contribution in [0.4, 0.5) is 0 Å². The van der Waals surface area contributed by atoms with E-state index in [1.54, 1.807) is 24.3 Å². The van der Waals surface area contributed by atoms with Gasteiger partial charge in [-0.2, -0.15) is 0 Å². The van der Waals surface area contributed by atoms with E-state index in [4.69, 9.17) is 22.1 Å². The van der Waals surface area contributed by atoms with E-state index >= 15 is 0 Å². The molecule has 0 saturated heterocycles. The Bertz CT molecular complexity index is 682. The van der Waals surface area contributed by atoms with Crippen LogP contribution in [-0.2, 0) is 11.3 Å². The van der Waals surface area contributed by atoms with Gasteiger partial charge in [0.2, 0.25) is 0 Å². The average Bonchev–Trinajstić information content (AvgIpc) is 2.62. The summed E-state index contributed by atoms with van der Waals surface area (Å²) < 4.78 is 5.95. The van der Waals surface area contributed by atoms with Crippen molar-refractivity contribution in [1.29, 1.82) is 0 Å². The molecule has 0 aliphatic heterocycles. The summed E-state index contributed by atoms with van der Waals surface area (Å²) in [7, 11) is 0. The molecule has 1 aliphatic carbocycles. The maximum atomic E-state index is 12.4. The predicted molar refractivity (Wildman–Crippen MR) is 96.3 cm³/mol. The van der Waals surface area contributed by atoms with Gasteiger partial charge in [-0.15, -0.1) is 0 Å². The molecule has 0 bridgehead atoms. The van der Waals surface area contributed by atoms with Crippen LogP contribution in [0.3, 0.4) is 0 Å². The normalized spacial score (nSPS) is 20.8. The minimum atomic E-state index is -0.00608. The molecule has 1 fully saturated rings. The minimum Gasteiger partial charge on any atom is -0.372 e. The summed E-state index contributed by atoms with van der Waals surface area (Å²) in [5.41, 5.74) is 8.46. The molecule has 24 heavy (non-hydrogen) atoms. The monoisotopic (exact) mass is 343 g/mol. The molecule has 0 heterocycles. The number of ether oxygens (including phenoxy) is 1. The Labute approximate surface area is 147 Å². The molecule has 3 rings (SSSR count). The van der Waals surface area contributed by atoms with Gasteiger partial charge in [0.15, 0.2) is 5.78 Å². The highest BCUT2D eigenvalue weighted by molar-refractivity contribution is 6.30. The summed E-state index contributed by atoms with van der Waals surface area (Å²) >= 11 is 5.86. The number of ketones is 1. The van der Waals surface area contributed by atoms with E-state index in [1.165, 1.54) is 12.8 Å². The summed E-state index contributed by atoms with van der Waals surface area (Å²) in [6, 6.07) is 14.7. The first-order valence-corrected chi connectivity index (χ1v) is 8.77. The predicted octanol–water partition coefficient (Wildman–Crippen LogP) is 4.36. The fourth-order valence-electron chi connectivity index (χ4n) is 3.06. The SMILES string of the molecule is N[C@@H]1CCCC[C@H]1OCc1ccc(C(=O)c2ccc(Cl)cc2)cc1. The lowest BCUT2D eigenvalue weighted by molar-refractivity contribution is 0.00404. The van der Waals surface area contributed by atoms with Crippen LogP contribution in [0.1, 0.15) is 47.2 Å². The first-order chi connectivity index (χ1) is 11.6. The van der Waals surface area contributed by atoms with E-state index in [0.29, 0.717) is 22.8 Å². The van der Waals surface area contributed by atoms with Crippen LogP contribution in [-0.4, -0.2) is 17.9 Å². The maximum absolute atomic E-state index is 12.4. The zero-order valence-corrected chi connectivity index (χ0v) is 14.3. The number of rotatable bonds is 5. The van der Waals surface area contributed by atoms with Gasteiger partial charge in [-0.05, 0) is 42.7 Å². The fraction of sp³-hybridized carbons (Fsp3) is 0.350. The third-order valence-corrected chi connectivity index (χ3v) is 4.79. The number of halogens is 1. The van der Waals surface area contributed by atoms with Crippen LogP contribution in [0.25, 0.3) is 0 Å². The quantitative estimate of drug-likeness (QED) is 0.821. The Hall–Kier alpha value is -1.68. The molecule has 2 N–H and O–H groups in total. The first kappa shape index (κ1) is 17.2. The molecular formula is C20H22ClNO2. The second-order valence-electron chi connectivity index (χ2n) is 6.33. The van der Waals surface area contributed by atoms with E-state index < -0.39 is 0 Å². The minimum absolute atomic E-state index is 0.00608. The van der Waals surface area contributed by atoms with Crippen LogP contribution < -0.4 is 5.73 Å². The van der Waals surface area contributed by atoms with Crippen molar-refractivity contribution < 1.29 is 9.53 Å². The van der Waals surface area contributed by atoms with Crippen molar-refractivity contribution in [3.63, 3.8) is 0 Å². The van der Waals surface area contributed by atoms with E-state index in [2.05, 4.69) is 0 Å². The van der Waals surface area contributed by atoms with Crippen LogP contribution >= 0.6 is 11.6 Å². The van der Waals surface area contributed by atoms with Crippen molar-refractivity contribution in [2.75, 3.05) is 0 Å². The van der Waals surface area contributed by atoms with Gasteiger partial charge >= 0.3 is 0 Å². The molecule has 4 heteroatoms. The number of hydrogen-bond acceptors (Lipinski definition) is 3. The molecule has 0 spiro atoms. The van der Waals surface area contributed by atoms with Gasteiger partial charge in [0.1, 0.15) is 0 Å². The first-order valence-electron chi connectivity index (χ1n) is 8.40. The molecule has 126 valence electrons. The molecule has 1 saturated carbocycles. The van der Waals surface area contributed by atoms with Gasteiger partial charge in [0.05, 0.1) is 12.7 Å². The van der Waals surface area contributed by atoms with Gasteiger partial charge in [-0.25, -0.2) is 0 Å². The molecule has 0 radical (unpaired) electrons. The molecule has 1 aliphatic rings. The van der Waals surface area contributed by atoms with Gasteiger partial charge in [-0.3, -0.25) is 4.79 Å². The summed E-state index contributed by atoms with van der Waals surface area (Å²) in [4.78, 5) is 12.4. The highest BCUT2D eigenvalue weighted by atomic mass is 35.5. The van der Waals surface area contributed by atoms with Gasteiger partial charge < -0.3 is 10.5 Å². The molecule has 0 amide bonds. The summed E-state index contributed by atoms with van der Waals surface area (Å²) in [5.74, 6) is -0.00608. The number of hydrogen-bond donors (Lipinski definition) is 1. The van der Waals surface area contributed by atoms with Crippen molar-refractivity contribution in [2.24, 2.45) is 5.73 Å². The van der Waals surface area contributed by atoms with Crippen LogP contribution in [0, 0.1) is 0 Å². The Balaban J connectivity index is 1.60. The molecule has 0 unspecified atom stereocenters. The topological polar surface area (TPSA) is 52.3 Å². The second kappa shape index (κ2) is 7.93. The zero-order chi connectivity index (χ0) is 16.9. The van der Waals surface area contributed by atoms with Crippen molar-refractivity contribution in [3.05, 3.63) is 70.2 Å². The Morgan fingerprint density at radius 3 is 2.21 bits per heavy atom. The molecule has 3 nitrogen and oxygen atoms in total. The molecule has 2 aromatic carbocycles. The largest absolute Gasteiger partial charge is 0.372 e. The summed E-state index contributed by atoms with van der Waals surface area (Å²) in [6.07, 6.45) is 4.61. The highest BCUT2D eigenvalue weighted by Gasteiger charge is 2.22. The van der Waals surface area contributed by atoms with E-state index in [-0.39, 0.29) is 17.9 Å². The summed E-state index contributed by atoms with van der Waals surface area (Å²) in [6.45, 7) is 0.535. The Kier molecular flexibility index (Phi) is 5.67. The van der Waals surface area contributed by atoms with Crippen LogP contribution in [0.5, 0.6) is 0 Å².